The van der Waals surface area contributed by atoms with Crippen molar-refractivity contribution < 1.29 is 8.78 Å². The van der Waals surface area contributed by atoms with Crippen molar-refractivity contribution in [2.24, 2.45) is 0 Å². The smallest absolute Gasteiger partial charge is 0.133 e. The molecular weight excluding hydrogens is 276 g/mol. The van der Waals surface area contributed by atoms with Gasteiger partial charge in [-0.3, -0.25) is 0 Å². The Morgan fingerprint density at radius 1 is 0.950 bits per heavy atom. The van der Waals surface area contributed by atoms with Gasteiger partial charge in [0.15, 0.2) is 0 Å². The number of hydrogen-bond donors (Lipinski definition) is 0. The van der Waals surface area contributed by atoms with Crippen LogP contribution in [0.15, 0.2) is 48.5 Å². The number of benzene rings is 2. The summed E-state index contributed by atoms with van der Waals surface area (Å²) in [7, 11) is 0. The Morgan fingerprint density at radius 2 is 1.65 bits per heavy atom. The summed E-state index contributed by atoms with van der Waals surface area (Å²) in [6, 6.07) is 12.8. The summed E-state index contributed by atoms with van der Waals surface area (Å²) in [5, 5.41) is 0.639. The van der Waals surface area contributed by atoms with Crippen LogP contribution < -0.4 is 0 Å². The Labute approximate surface area is 119 Å². The molecule has 0 saturated carbocycles. The molecule has 0 radical (unpaired) electrons. The zero-order chi connectivity index (χ0) is 14.1. The first-order chi connectivity index (χ1) is 9.65. The maximum atomic E-state index is 13.8. The molecule has 0 N–H and O–H groups in total. The lowest BCUT2D eigenvalue weighted by Gasteiger charge is -1.98. The summed E-state index contributed by atoms with van der Waals surface area (Å²) in [5.41, 5.74) is 2.21. The van der Waals surface area contributed by atoms with E-state index in [1.165, 1.54) is 29.5 Å². The molecule has 1 nitrogen and oxygen atoms in total. The van der Waals surface area contributed by atoms with Crippen LogP contribution in [0.1, 0.15) is 5.69 Å². The van der Waals surface area contributed by atoms with Crippen LogP contribution in [0.3, 0.4) is 0 Å². The largest absolute Gasteiger partial charge is 0.241 e. The fourth-order valence-electron chi connectivity index (χ4n) is 2.02. The van der Waals surface area contributed by atoms with Gasteiger partial charge in [0.05, 0.1) is 10.6 Å². The molecule has 3 rings (SSSR count). The summed E-state index contributed by atoms with van der Waals surface area (Å²) >= 11 is 1.41. The predicted octanol–water partition coefficient (Wildman–Crippen LogP) is 5.06. The Kier molecular flexibility index (Phi) is 3.32. The van der Waals surface area contributed by atoms with E-state index in [1.807, 2.05) is 6.92 Å². The lowest BCUT2D eigenvalue weighted by Crippen LogP contribution is -1.82. The second-order valence-electron chi connectivity index (χ2n) is 4.42. The molecule has 0 bridgehead atoms. The number of aryl methyl sites for hydroxylation is 1. The average Bonchev–Trinajstić information content (AvgIpc) is 2.82. The minimum absolute atomic E-state index is 0.273. The van der Waals surface area contributed by atoms with E-state index >= 15 is 0 Å². The molecule has 0 aliphatic heterocycles. The first-order valence-corrected chi connectivity index (χ1v) is 6.95. The van der Waals surface area contributed by atoms with Gasteiger partial charge in [0.2, 0.25) is 0 Å². The molecular formula is C16H11F2NS. The van der Waals surface area contributed by atoms with Crippen LogP contribution in [0.2, 0.25) is 0 Å². The summed E-state index contributed by atoms with van der Waals surface area (Å²) in [4.78, 5) is 5.36. The van der Waals surface area contributed by atoms with Gasteiger partial charge in [-0.25, -0.2) is 13.8 Å². The van der Waals surface area contributed by atoms with Gasteiger partial charge in [0.25, 0.3) is 0 Å². The van der Waals surface area contributed by atoms with Crippen molar-refractivity contribution in [3.8, 4) is 21.0 Å². The molecule has 0 atom stereocenters. The van der Waals surface area contributed by atoms with Gasteiger partial charge in [-0.05, 0) is 36.8 Å². The highest BCUT2D eigenvalue weighted by Crippen LogP contribution is 2.35. The number of rotatable bonds is 2. The van der Waals surface area contributed by atoms with Crippen LogP contribution in [0, 0.1) is 18.6 Å². The van der Waals surface area contributed by atoms with Crippen LogP contribution in [-0.2, 0) is 0 Å². The third-order valence-corrected chi connectivity index (χ3v) is 4.25. The molecule has 4 heteroatoms. The molecule has 2 aromatic carbocycles. The van der Waals surface area contributed by atoms with Crippen molar-refractivity contribution in [1.82, 2.24) is 4.98 Å². The standard InChI is InChI=1S/C16H11F2NS/c1-10-15(11-6-8-12(17)9-7-11)20-16(19-10)13-4-2-3-5-14(13)18/h2-9H,1H3. The molecule has 0 aliphatic carbocycles. The fourth-order valence-corrected chi connectivity index (χ4v) is 3.11. The number of halogens is 2. The van der Waals surface area contributed by atoms with E-state index in [1.54, 1.807) is 30.3 Å². The van der Waals surface area contributed by atoms with E-state index < -0.39 is 0 Å². The van der Waals surface area contributed by atoms with E-state index in [4.69, 9.17) is 0 Å². The van der Waals surface area contributed by atoms with E-state index in [0.717, 1.165) is 16.1 Å². The summed E-state index contributed by atoms with van der Waals surface area (Å²) in [6.07, 6.45) is 0. The molecule has 100 valence electrons. The second kappa shape index (κ2) is 5.13. The Hall–Kier alpha value is -2.07. The highest BCUT2D eigenvalue weighted by atomic mass is 32.1. The van der Waals surface area contributed by atoms with Crippen LogP contribution >= 0.6 is 11.3 Å². The van der Waals surface area contributed by atoms with Gasteiger partial charge in [-0.1, -0.05) is 24.3 Å². The first kappa shape index (κ1) is 12.9. The third-order valence-electron chi connectivity index (χ3n) is 3.01. The van der Waals surface area contributed by atoms with Crippen molar-refractivity contribution in [2.75, 3.05) is 0 Å². The quantitative estimate of drug-likeness (QED) is 0.641. The highest BCUT2D eigenvalue weighted by molar-refractivity contribution is 7.18. The Morgan fingerprint density at radius 3 is 2.35 bits per heavy atom. The Balaban J connectivity index is 2.08. The zero-order valence-electron chi connectivity index (χ0n) is 10.7. The van der Waals surface area contributed by atoms with Crippen LogP contribution in [0.4, 0.5) is 8.78 Å². The molecule has 0 spiro atoms. The van der Waals surface area contributed by atoms with Gasteiger partial charge in [-0.15, -0.1) is 11.3 Å². The van der Waals surface area contributed by atoms with Crippen molar-refractivity contribution in [1.29, 1.82) is 0 Å². The minimum Gasteiger partial charge on any atom is -0.241 e. The monoisotopic (exact) mass is 287 g/mol. The number of hydrogen-bond acceptors (Lipinski definition) is 2. The second-order valence-corrected chi connectivity index (χ2v) is 5.42. The van der Waals surface area contributed by atoms with Crippen molar-refractivity contribution in [3.63, 3.8) is 0 Å². The van der Waals surface area contributed by atoms with E-state index in [0.29, 0.717) is 10.6 Å². The van der Waals surface area contributed by atoms with E-state index in [2.05, 4.69) is 4.98 Å². The lowest BCUT2D eigenvalue weighted by atomic mass is 10.1. The molecule has 0 amide bonds. The molecule has 1 heterocycles. The normalized spacial score (nSPS) is 10.8. The molecule has 0 saturated heterocycles. The van der Waals surface area contributed by atoms with Crippen LogP contribution in [0.25, 0.3) is 21.0 Å². The van der Waals surface area contributed by atoms with E-state index in [9.17, 15) is 8.78 Å². The van der Waals surface area contributed by atoms with Crippen molar-refractivity contribution in [3.05, 3.63) is 65.9 Å². The predicted molar refractivity (Wildman–Crippen MR) is 77.6 cm³/mol. The molecule has 0 unspecified atom stereocenters. The SMILES string of the molecule is Cc1nc(-c2ccccc2F)sc1-c1ccc(F)cc1. The van der Waals surface area contributed by atoms with Gasteiger partial charge in [-0.2, -0.15) is 0 Å². The molecule has 3 aromatic rings. The maximum absolute atomic E-state index is 13.8. The van der Waals surface area contributed by atoms with Gasteiger partial charge in [0.1, 0.15) is 16.6 Å². The number of nitrogens with zero attached hydrogens (tertiary/aromatic N) is 1. The first-order valence-electron chi connectivity index (χ1n) is 6.13. The number of thiazole rings is 1. The molecule has 0 fully saturated rings. The molecule has 1 aromatic heterocycles. The highest BCUT2D eigenvalue weighted by Gasteiger charge is 2.13. The van der Waals surface area contributed by atoms with Crippen LogP contribution in [-0.4, -0.2) is 4.98 Å². The summed E-state index contributed by atoms with van der Waals surface area (Å²) in [6.45, 7) is 1.87. The zero-order valence-corrected chi connectivity index (χ0v) is 11.5. The van der Waals surface area contributed by atoms with Gasteiger partial charge >= 0.3 is 0 Å². The van der Waals surface area contributed by atoms with E-state index in [-0.39, 0.29) is 11.6 Å². The van der Waals surface area contributed by atoms with Crippen molar-refractivity contribution in [2.45, 2.75) is 6.92 Å². The molecule has 0 aliphatic rings. The fraction of sp³-hybridized carbons (Fsp3) is 0.0625. The van der Waals surface area contributed by atoms with Crippen LogP contribution in [0.5, 0.6) is 0 Å². The minimum atomic E-state index is -0.285. The van der Waals surface area contributed by atoms with Gasteiger partial charge < -0.3 is 0 Å². The lowest BCUT2D eigenvalue weighted by molar-refractivity contribution is 0.628. The summed E-state index contributed by atoms with van der Waals surface area (Å²) < 4.78 is 26.8. The average molecular weight is 287 g/mol. The topological polar surface area (TPSA) is 12.9 Å². The molecule has 20 heavy (non-hydrogen) atoms. The van der Waals surface area contributed by atoms with Gasteiger partial charge in [0, 0.05) is 5.56 Å². The van der Waals surface area contributed by atoms with Crippen molar-refractivity contribution >= 4 is 11.3 Å². The third kappa shape index (κ3) is 2.34. The maximum Gasteiger partial charge on any atom is 0.133 e. The summed E-state index contributed by atoms with van der Waals surface area (Å²) in [5.74, 6) is -0.558. The number of aromatic nitrogens is 1. The Bertz CT molecular complexity index is 747.